The third kappa shape index (κ3) is 4.35. The van der Waals surface area contributed by atoms with E-state index in [2.05, 4.69) is 40.4 Å². The first-order valence-electron chi connectivity index (χ1n) is 7.91. The van der Waals surface area contributed by atoms with Gasteiger partial charge in [0.25, 0.3) is 5.91 Å². The number of anilines is 1. The largest absolute Gasteiger partial charge is 0.325 e. The molecule has 0 spiro atoms. The van der Waals surface area contributed by atoms with Crippen LogP contribution in [0.3, 0.4) is 0 Å². The lowest BCUT2D eigenvalue weighted by Gasteiger charge is -2.22. The summed E-state index contributed by atoms with van der Waals surface area (Å²) >= 11 is 3.32. The summed E-state index contributed by atoms with van der Waals surface area (Å²) in [4.78, 5) is 37.8. The monoisotopic (exact) mass is 395 g/mol. The molecular weight excluding hydrogens is 374 g/mol. The van der Waals surface area contributed by atoms with Crippen molar-refractivity contribution >= 4 is 39.5 Å². The molecule has 24 heavy (non-hydrogen) atoms. The lowest BCUT2D eigenvalue weighted by atomic mass is 9.92. The van der Waals surface area contributed by atoms with Gasteiger partial charge in [0.2, 0.25) is 5.91 Å². The summed E-state index contributed by atoms with van der Waals surface area (Å²) < 4.78 is 0.830. The second-order valence-corrected chi connectivity index (χ2v) is 7.56. The van der Waals surface area contributed by atoms with Crippen LogP contribution in [0.5, 0.6) is 0 Å². The van der Waals surface area contributed by atoms with Gasteiger partial charge >= 0.3 is 6.03 Å². The van der Waals surface area contributed by atoms with Crippen LogP contribution in [-0.2, 0) is 9.59 Å². The molecule has 1 aromatic carbocycles. The molecule has 0 unspecified atom stereocenters. The van der Waals surface area contributed by atoms with E-state index >= 15 is 0 Å². The van der Waals surface area contributed by atoms with E-state index in [4.69, 9.17) is 0 Å². The van der Waals surface area contributed by atoms with E-state index in [1.54, 1.807) is 25.1 Å². The SMILES string of the molecule is CC(C)CC[C@]1(C)NC(=O)N(CC(=O)Nc2cccc(Br)c2)C1=O. The van der Waals surface area contributed by atoms with Gasteiger partial charge in [-0.1, -0.05) is 35.8 Å². The molecule has 0 saturated carbocycles. The molecule has 0 bridgehead atoms. The van der Waals surface area contributed by atoms with Crippen molar-refractivity contribution in [2.75, 3.05) is 11.9 Å². The highest BCUT2D eigenvalue weighted by Gasteiger charge is 2.47. The minimum absolute atomic E-state index is 0.297. The number of amides is 4. The Morgan fingerprint density at radius 3 is 2.71 bits per heavy atom. The smallest absolute Gasteiger partial charge is 0.324 e. The summed E-state index contributed by atoms with van der Waals surface area (Å²) in [6.45, 7) is 5.54. The number of nitrogens with one attached hydrogen (secondary N) is 2. The first-order chi connectivity index (χ1) is 11.2. The van der Waals surface area contributed by atoms with Crippen molar-refractivity contribution in [1.82, 2.24) is 10.2 Å². The molecule has 1 saturated heterocycles. The summed E-state index contributed by atoms with van der Waals surface area (Å²) in [6.07, 6.45) is 1.37. The molecule has 1 heterocycles. The minimum Gasteiger partial charge on any atom is -0.324 e. The van der Waals surface area contributed by atoms with Crippen molar-refractivity contribution in [2.45, 2.75) is 39.2 Å². The third-order valence-corrected chi connectivity index (χ3v) is 4.47. The predicted molar refractivity (Wildman–Crippen MR) is 95.5 cm³/mol. The van der Waals surface area contributed by atoms with Crippen molar-refractivity contribution in [1.29, 1.82) is 0 Å². The van der Waals surface area contributed by atoms with E-state index in [1.165, 1.54) is 0 Å². The van der Waals surface area contributed by atoms with Crippen molar-refractivity contribution in [3.63, 3.8) is 0 Å². The first kappa shape index (κ1) is 18.4. The second-order valence-electron chi connectivity index (χ2n) is 6.64. The predicted octanol–water partition coefficient (Wildman–Crippen LogP) is 3.13. The van der Waals surface area contributed by atoms with Gasteiger partial charge in [-0.25, -0.2) is 4.79 Å². The van der Waals surface area contributed by atoms with Gasteiger partial charge in [-0.15, -0.1) is 0 Å². The van der Waals surface area contributed by atoms with Gasteiger partial charge < -0.3 is 10.6 Å². The van der Waals surface area contributed by atoms with Gasteiger partial charge in [-0.3, -0.25) is 14.5 Å². The van der Waals surface area contributed by atoms with Crippen LogP contribution in [0.4, 0.5) is 10.5 Å². The average molecular weight is 396 g/mol. The van der Waals surface area contributed by atoms with Gasteiger partial charge in [0, 0.05) is 10.2 Å². The fraction of sp³-hybridized carbons (Fsp3) is 0.471. The Kier molecular flexibility index (Phi) is 5.64. The van der Waals surface area contributed by atoms with Gasteiger partial charge in [-0.2, -0.15) is 0 Å². The fourth-order valence-corrected chi connectivity index (χ4v) is 2.95. The Hall–Kier alpha value is -1.89. The number of urea groups is 1. The molecule has 1 aliphatic heterocycles. The molecule has 130 valence electrons. The van der Waals surface area contributed by atoms with Gasteiger partial charge in [-0.05, 0) is 43.9 Å². The van der Waals surface area contributed by atoms with Crippen LogP contribution in [0.25, 0.3) is 0 Å². The lowest BCUT2D eigenvalue weighted by molar-refractivity contribution is -0.133. The Morgan fingerprint density at radius 1 is 1.38 bits per heavy atom. The first-order valence-corrected chi connectivity index (χ1v) is 8.70. The summed E-state index contributed by atoms with van der Waals surface area (Å²) in [7, 11) is 0. The number of carbonyl (C=O) groups is 3. The molecule has 1 atom stereocenters. The molecule has 1 aliphatic rings. The van der Waals surface area contributed by atoms with Crippen LogP contribution in [0.1, 0.15) is 33.6 Å². The number of benzene rings is 1. The zero-order chi connectivity index (χ0) is 17.9. The topological polar surface area (TPSA) is 78.5 Å². The van der Waals surface area contributed by atoms with Crippen molar-refractivity contribution in [3.8, 4) is 0 Å². The van der Waals surface area contributed by atoms with E-state index in [1.807, 2.05) is 6.07 Å². The molecule has 1 aromatic rings. The van der Waals surface area contributed by atoms with E-state index in [9.17, 15) is 14.4 Å². The molecule has 4 amide bonds. The van der Waals surface area contributed by atoms with Crippen molar-refractivity contribution < 1.29 is 14.4 Å². The van der Waals surface area contributed by atoms with Crippen LogP contribution >= 0.6 is 15.9 Å². The molecule has 7 heteroatoms. The number of hydrogen-bond donors (Lipinski definition) is 2. The van der Waals surface area contributed by atoms with Gasteiger partial charge in [0.15, 0.2) is 0 Å². The molecule has 0 aliphatic carbocycles. The maximum absolute atomic E-state index is 12.5. The Morgan fingerprint density at radius 2 is 2.08 bits per heavy atom. The zero-order valence-corrected chi connectivity index (χ0v) is 15.6. The number of halogens is 1. The van der Waals surface area contributed by atoms with Crippen LogP contribution in [0.2, 0.25) is 0 Å². The Balaban J connectivity index is 2.00. The Labute approximate surface area is 150 Å². The molecule has 2 N–H and O–H groups in total. The molecular formula is C17H22BrN3O3. The standard InChI is InChI=1S/C17H22BrN3O3/c1-11(2)7-8-17(3)15(23)21(16(24)20-17)10-14(22)19-13-6-4-5-12(18)9-13/h4-6,9,11H,7-8,10H2,1-3H3,(H,19,22)(H,20,24)/t17-/m0/s1. The molecule has 0 radical (unpaired) electrons. The second kappa shape index (κ2) is 7.34. The van der Waals surface area contributed by atoms with Gasteiger partial charge in [0.1, 0.15) is 12.1 Å². The number of imide groups is 1. The van der Waals surface area contributed by atoms with Crippen LogP contribution in [-0.4, -0.2) is 34.8 Å². The third-order valence-electron chi connectivity index (χ3n) is 3.98. The van der Waals surface area contributed by atoms with Crippen LogP contribution in [0, 0.1) is 5.92 Å². The van der Waals surface area contributed by atoms with Crippen LogP contribution in [0.15, 0.2) is 28.7 Å². The number of rotatable bonds is 6. The minimum atomic E-state index is -0.933. The van der Waals surface area contributed by atoms with E-state index in [0.29, 0.717) is 18.0 Å². The number of hydrogen-bond acceptors (Lipinski definition) is 3. The maximum atomic E-state index is 12.5. The lowest BCUT2D eigenvalue weighted by Crippen LogP contribution is -2.44. The molecule has 2 rings (SSSR count). The highest BCUT2D eigenvalue weighted by atomic mass is 79.9. The fourth-order valence-electron chi connectivity index (χ4n) is 2.55. The highest BCUT2D eigenvalue weighted by Crippen LogP contribution is 2.24. The summed E-state index contributed by atoms with van der Waals surface area (Å²) in [6, 6.07) is 6.59. The van der Waals surface area contributed by atoms with Crippen molar-refractivity contribution in [2.24, 2.45) is 5.92 Å². The quantitative estimate of drug-likeness (QED) is 0.726. The van der Waals surface area contributed by atoms with E-state index in [-0.39, 0.29) is 12.5 Å². The van der Waals surface area contributed by atoms with Crippen LogP contribution < -0.4 is 10.6 Å². The zero-order valence-electron chi connectivity index (χ0n) is 14.1. The average Bonchev–Trinajstić information content (AvgIpc) is 2.69. The molecule has 6 nitrogen and oxygen atoms in total. The number of carbonyl (C=O) groups excluding carboxylic acids is 3. The van der Waals surface area contributed by atoms with Crippen molar-refractivity contribution in [3.05, 3.63) is 28.7 Å². The molecule has 0 aromatic heterocycles. The van der Waals surface area contributed by atoms with Gasteiger partial charge in [0.05, 0.1) is 0 Å². The highest BCUT2D eigenvalue weighted by molar-refractivity contribution is 9.10. The maximum Gasteiger partial charge on any atom is 0.325 e. The summed E-state index contributed by atoms with van der Waals surface area (Å²) in [5, 5.41) is 5.40. The number of nitrogens with zero attached hydrogens (tertiary/aromatic N) is 1. The summed E-state index contributed by atoms with van der Waals surface area (Å²) in [5.41, 5.74) is -0.332. The summed E-state index contributed by atoms with van der Waals surface area (Å²) in [5.74, 6) is -0.331. The molecule has 1 fully saturated rings. The Bertz CT molecular complexity index is 662. The van der Waals surface area contributed by atoms with E-state index < -0.39 is 17.5 Å². The van der Waals surface area contributed by atoms with E-state index in [0.717, 1.165) is 15.8 Å². The normalized spacial score (nSPS) is 20.5.